The largest absolute Gasteiger partial charge is 0.479 e. The first-order valence-electron chi connectivity index (χ1n) is 19.3. The van der Waals surface area contributed by atoms with Crippen LogP contribution in [-0.4, -0.2) is 271 Å². The second-order valence-electron chi connectivity index (χ2n) is 15.0. The van der Waals surface area contributed by atoms with Gasteiger partial charge in [0.05, 0.1) is 13.2 Å². The second-order valence-corrected chi connectivity index (χ2v) is 21.3. The van der Waals surface area contributed by atoms with E-state index in [0.29, 0.717) is 0 Å². The minimum Gasteiger partial charge on any atom is -0.479 e. The van der Waals surface area contributed by atoms with Gasteiger partial charge in [0.25, 0.3) is 0 Å². The molecule has 0 bridgehead atoms. The molecule has 4 aliphatic rings. The summed E-state index contributed by atoms with van der Waals surface area (Å²) in [5.41, 5.74) is 2.95. The third-order valence-electron chi connectivity index (χ3n) is 10.1. The Bertz CT molecular complexity index is 2660. The molecule has 0 aromatic rings. The van der Waals surface area contributed by atoms with Crippen LogP contribution in [-0.2, 0) is 140 Å². The van der Waals surface area contributed by atoms with Crippen LogP contribution in [0.3, 0.4) is 0 Å². The molecule has 0 aromatic heterocycles. The molecule has 4 aliphatic heterocycles. The average Bonchev–Trinajstić information content (AvgIpc) is 3.24. The van der Waals surface area contributed by atoms with Crippen LogP contribution < -0.4 is 11.0 Å². The lowest BCUT2D eigenvalue weighted by molar-refractivity contribution is -0.371. The number of aliphatic hydroxyl groups is 4. The quantitative estimate of drug-likeness (QED) is 0.0282. The SMILES string of the molecule is COC1OC(COS(=O)(=O)O)C(OC2OC(C(=O)O)C(OC3OC(COS(=O)(=O)O)C(OC4OC(C(=O)O)C(OC)C(O)C4OS(=O)(=O)O)C(O)C3NOS(=O)(=O)O)C(O)C2OS(=O)(=O)O)C(O)C1NOS(=O)(=O)O. The Morgan fingerprint density at radius 1 is 0.427 bits per heavy atom. The third kappa shape index (κ3) is 18.8. The fourth-order valence-electron chi connectivity index (χ4n) is 7.19. The number of carboxylic acid groups (broad SMARTS) is 2. The van der Waals surface area contributed by atoms with E-state index in [0.717, 1.165) is 14.2 Å². The molecule has 43 nitrogen and oxygen atoms in total. The number of rotatable bonds is 26. The van der Waals surface area contributed by atoms with Crippen molar-refractivity contribution in [2.45, 2.75) is 123 Å². The monoisotopic (exact) mass is 1230 g/mol. The zero-order valence-corrected chi connectivity index (χ0v) is 41.5. The van der Waals surface area contributed by atoms with Gasteiger partial charge in [0.2, 0.25) is 0 Å². The molecule has 440 valence electrons. The highest BCUT2D eigenvalue weighted by Gasteiger charge is 2.59. The lowest BCUT2D eigenvalue weighted by atomic mass is 9.94. The molecule has 4 saturated heterocycles. The van der Waals surface area contributed by atoms with Crippen molar-refractivity contribution in [3.8, 4) is 0 Å². The molecule has 0 aromatic carbocycles. The van der Waals surface area contributed by atoms with Gasteiger partial charge in [-0.2, -0.15) is 70.0 Å². The summed E-state index contributed by atoms with van der Waals surface area (Å²) in [7, 11) is -32.6. The molecule has 0 amide bonds. The summed E-state index contributed by atoms with van der Waals surface area (Å²) >= 11 is 0. The molecule has 4 heterocycles. The normalized spacial score (nSPS) is 37.7. The fraction of sp³-hybridized carbons (Fsp3) is 0.923. The number of ether oxygens (including phenoxy) is 9. The van der Waals surface area contributed by atoms with E-state index < -0.39 is 210 Å². The summed E-state index contributed by atoms with van der Waals surface area (Å²) < 4.78 is 269. The molecule has 20 atom stereocenters. The van der Waals surface area contributed by atoms with E-state index >= 15 is 0 Å². The van der Waals surface area contributed by atoms with Crippen molar-refractivity contribution < 1.29 is 186 Å². The number of aliphatic carboxylic acids is 2. The molecule has 0 spiro atoms. The number of hydroxylamine groups is 2. The Labute approximate surface area is 420 Å². The minimum absolute atomic E-state index is 0.760. The molecule has 75 heavy (non-hydrogen) atoms. The van der Waals surface area contributed by atoms with Crippen molar-refractivity contribution in [3.05, 3.63) is 0 Å². The maximum absolute atomic E-state index is 12.8. The molecule has 49 heteroatoms. The molecule has 14 N–H and O–H groups in total. The van der Waals surface area contributed by atoms with Gasteiger partial charge in [0, 0.05) is 14.2 Å². The van der Waals surface area contributed by atoms with E-state index in [1.807, 2.05) is 0 Å². The summed E-state index contributed by atoms with van der Waals surface area (Å²) in [6.07, 6.45) is -47.7. The molecule has 0 saturated carbocycles. The molecule has 4 fully saturated rings. The van der Waals surface area contributed by atoms with Crippen LogP contribution in [0.25, 0.3) is 0 Å². The maximum atomic E-state index is 12.8. The number of hydrogen-bond acceptors (Lipinski definition) is 35. The highest BCUT2D eigenvalue weighted by Crippen LogP contribution is 2.37. The molecule has 4 rings (SSSR count). The van der Waals surface area contributed by atoms with E-state index in [4.69, 9.17) is 47.2 Å². The van der Waals surface area contributed by atoms with Gasteiger partial charge >= 0.3 is 74.3 Å². The standard InChI is InChI=1S/C26H44N2O41S6/c1-55-15-11(31)17(66-72(43,44)45)25(64-19(15)21(33)34)62-14-6(4-58-71(40,41)42)60-24(8(10(14)30)28-69-75(52,53)54)63-16-12(32)18(67-73(46,47)48)26(65-20(16)22(35)36)61-13-5(3-57-70(37,38)39)59-23(56-2)7(9(13)29)27-68-74(49,50)51/h5-20,23-32H,3-4H2,1-2H3,(H,33,34)(H,35,36)(H,37,38,39)(H,40,41,42)(H,43,44,45)(H,46,47,48)(H,49,50,51)(H,52,53,54). The smallest absolute Gasteiger partial charge is 0.413 e. The third-order valence-corrected chi connectivity index (χ3v) is 12.5. The molecule has 20 unspecified atom stereocenters. The summed E-state index contributed by atoms with van der Waals surface area (Å²) in [6, 6.07) is -4.88. The van der Waals surface area contributed by atoms with Gasteiger partial charge in [-0.25, -0.2) is 26.3 Å². The lowest BCUT2D eigenvalue weighted by Gasteiger charge is -2.49. The molecule has 0 aliphatic carbocycles. The number of carboxylic acids is 2. The van der Waals surface area contributed by atoms with Crippen molar-refractivity contribution in [2.24, 2.45) is 0 Å². The van der Waals surface area contributed by atoms with Crippen molar-refractivity contribution in [1.29, 1.82) is 0 Å². The van der Waals surface area contributed by atoms with E-state index in [9.17, 15) is 113 Å². The molecule has 0 radical (unpaired) electrons. The zero-order valence-electron chi connectivity index (χ0n) is 36.6. The van der Waals surface area contributed by atoms with Gasteiger partial charge in [-0.3, -0.25) is 27.3 Å². The van der Waals surface area contributed by atoms with Crippen LogP contribution >= 0.6 is 0 Å². The van der Waals surface area contributed by atoms with E-state index in [-0.39, 0.29) is 0 Å². The van der Waals surface area contributed by atoms with Crippen LogP contribution in [0.15, 0.2) is 0 Å². The maximum Gasteiger partial charge on any atom is 0.413 e. The number of nitrogens with one attached hydrogen (secondary N) is 2. The van der Waals surface area contributed by atoms with Crippen molar-refractivity contribution in [3.63, 3.8) is 0 Å². The highest BCUT2D eigenvalue weighted by molar-refractivity contribution is 7.82. The van der Waals surface area contributed by atoms with Gasteiger partial charge in [-0.1, -0.05) is 0 Å². The summed E-state index contributed by atoms with van der Waals surface area (Å²) in [5.74, 6) is -4.36. The van der Waals surface area contributed by atoms with Crippen LogP contribution in [0.2, 0.25) is 0 Å². The van der Waals surface area contributed by atoms with Crippen LogP contribution in [0, 0.1) is 0 Å². The van der Waals surface area contributed by atoms with Crippen LogP contribution in [0.1, 0.15) is 0 Å². The summed E-state index contributed by atoms with van der Waals surface area (Å²) in [6.45, 7) is -3.18. The summed E-state index contributed by atoms with van der Waals surface area (Å²) in [5, 5.41) is 65.6. The number of aliphatic hydroxyl groups excluding tert-OH is 4. The topological polar surface area (TPSA) is 644 Å². The first kappa shape index (κ1) is 65.1. The average molecular weight is 1230 g/mol. The zero-order chi connectivity index (χ0) is 57.1. The van der Waals surface area contributed by atoms with Crippen molar-refractivity contribution in [1.82, 2.24) is 11.0 Å². The van der Waals surface area contributed by atoms with Gasteiger partial charge in [0.1, 0.15) is 73.1 Å². The van der Waals surface area contributed by atoms with Gasteiger partial charge in [-0.05, 0) is 0 Å². The first-order valence-corrected chi connectivity index (χ1v) is 27.5. The Morgan fingerprint density at radius 2 is 0.773 bits per heavy atom. The Morgan fingerprint density at radius 3 is 1.11 bits per heavy atom. The van der Waals surface area contributed by atoms with E-state index in [1.165, 1.54) is 5.48 Å². The van der Waals surface area contributed by atoms with Gasteiger partial charge in [-0.15, -0.1) is 0 Å². The van der Waals surface area contributed by atoms with Crippen LogP contribution in [0.4, 0.5) is 0 Å². The second kappa shape index (κ2) is 25.3. The Balaban J connectivity index is 1.83. The summed E-state index contributed by atoms with van der Waals surface area (Å²) in [4.78, 5) is 24.9. The number of carbonyl (C=O) groups is 2. The fourth-order valence-corrected chi connectivity index (χ4v) is 9.23. The number of hydrogen-bond donors (Lipinski definition) is 14. The van der Waals surface area contributed by atoms with Gasteiger partial charge in [0.15, 0.2) is 49.6 Å². The predicted octanol–water partition coefficient (Wildman–Crippen LogP) is -10.3. The number of methoxy groups -OCH3 is 2. The Kier molecular flexibility index (Phi) is 22.0. The van der Waals surface area contributed by atoms with E-state index in [1.54, 1.807) is 5.48 Å². The molecular formula is C26H44N2O41S6. The predicted molar refractivity (Wildman–Crippen MR) is 213 cm³/mol. The lowest BCUT2D eigenvalue weighted by Crippen LogP contribution is -2.70. The Hall–Kier alpha value is -2.44. The van der Waals surface area contributed by atoms with Gasteiger partial charge < -0.3 is 73.3 Å². The highest BCUT2D eigenvalue weighted by atomic mass is 32.3. The first-order chi connectivity index (χ1) is 34.1. The van der Waals surface area contributed by atoms with E-state index in [2.05, 4.69) is 25.3 Å². The van der Waals surface area contributed by atoms with Crippen molar-refractivity contribution >= 4 is 74.3 Å². The van der Waals surface area contributed by atoms with Crippen molar-refractivity contribution in [2.75, 3.05) is 27.4 Å². The minimum atomic E-state index is -6.01. The molecular weight excluding hydrogens is 1190 g/mol. The van der Waals surface area contributed by atoms with Crippen LogP contribution in [0.5, 0.6) is 0 Å².